The number of carbonyl (C=O) groups is 1. The lowest BCUT2D eigenvalue weighted by Crippen LogP contribution is -2.46. The maximum absolute atomic E-state index is 12.9. The third kappa shape index (κ3) is 5.35. The predicted molar refractivity (Wildman–Crippen MR) is 120 cm³/mol. The van der Waals surface area contributed by atoms with Crippen LogP contribution in [0.15, 0.2) is 52.7 Å². The molecule has 4 rings (SSSR count). The Kier molecular flexibility index (Phi) is 7.39. The molecule has 2 fully saturated rings. The van der Waals surface area contributed by atoms with Gasteiger partial charge in [0.1, 0.15) is 0 Å². The zero-order chi connectivity index (χ0) is 21.7. The van der Waals surface area contributed by atoms with Crippen molar-refractivity contribution in [2.45, 2.75) is 23.8 Å². The van der Waals surface area contributed by atoms with Crippen LogP contribution >= 0.6 is 11.3 Å². The predicted octanol–water partition coefficient (Wildman–Crippen LogP) is 2.34. The lowest BCUT2D eigenvalue weighted by molar-refractivity contribution is -0.126. The second-order valence-corrected chi connectivity index (χ2v) is 10.8. The van der Waals surface area contributed by atoms with Gasteiger partial charge in [-0.15, -0.1) is 11.3 Å². The van der Waals surface area contributed by atoms with Gasteiger partial charge in [0.2, 0.25) is 15.9 Å². The van der Waals surface area contributed by atoms with Gasteiger partial charge in [0.05, 0.1) is 24.2 Å². The van der Waals surface area contributed by atoms with Gasteiger partial charge in [-0.25, -0.2) is 8.42 Å². The summed E-state index contributed by atoms with van der Waals surface area (Å²) in [4.78, 5) is 16.8. The first-order valence-electron chi connectivity index (χ1n) is 10.7. The molecule has 168 valence electrons. The summed E-state index contributed by atoms with van der Waals surface area (Å²) in [6.07, 6.45) is 1.08. The highest BCUT2D eigenvalue weighted by Crippen LogP contribution is 2.27. The monoisotopic (exact) mass is 463 g/mol. The van der Waals surface area contributed by atoms with Crippen molar-refractivity contribution in [3.8, 4) is 0 Å². The molecule has 2 saturated heterocycles. The Hall–Kier alpha value is -1.78. The molecule has 1 unspecified atom stereocenters. The number of nitrogens with one attached hydrogen (secondary N) is 1. The van der Waals surface area contributed by atoms with Crippen molar-refractivity contribution in [3.63, 3.8) is 0 Å². The minimum atomic E-state index is -3.50. The van der Waals surface area contributed by atoms with Crippen LogP contribution in [0.1, 0.15) is 23.8 Å². The highest BCUT2D eigenvalue weighted by Gasteiger charge is 2.32. The number of benzene rings is 1. The summed E-state index contributed by atoms with van der Waals surface area (Å²) in [6, 6.07) is 12.8. The Bertz CT molecular complexity index is 936. The Morgan fingerprint density at radius 2 is 1.77 bits per heavy atom. The second-order valence-electron chi connectivity index (χ2n) is 7.92. The normalized spacial score (nSPS) is 20.4. The number of thiophene rings is 1. The van der Waals surface area contributed by atoms with E-state index in [-0.39, 0.29) is 17.9 Å². The van der Waals surface area contributed by atoms with E-state index in [1.54, 1.807) is 41.7 Å². The SMILES string of the molecule is O=C(NCC(c1cccs1)N1CCOCC1)C1CCN(S(=O)(=O)c2ccccc2)CC1. The van der Waals surface area contributed by atoms with E-state index in [0.717, 1.165) is 13.1 Å². The summed E-state index contributed by atoms with van der Waals surface area (Å²) in [7, 11) is -3.50. The Morgan fingerprint density at radius 3 is 2.42 bits per heavy atom. The van der Waals surface area contributed by atoms with Gasteiger partial charge < -0.3 is 10.1 Å². The maximum atomic E-state index is 12.9. The number of hydrogen-bond donors (Lipinski definition) is 1. The molecule has 1 aromatic heterocycles. The number of sulfonamides is 1. The van der Waals surface area contributed by atoms with Crippen LogP contribution < -0.4 is 5.32 Å². The van der Waals surface area contributed by atoms with E-state index < -0.39 is 10.0 Å². The number of rotatable bonds is 7. The smallest absolute Gasteiger partial charge is 0.243 e. The highest BCUT2D eigenvalue weighted by atomic mass is 32.2. The van der Waals surface area contributed by atoms with Crippen molar-refractivity contribution in [2.24, 2.45) is 5.92 Å². The average molecular weight is 464 g/mol. The molecule has 2 aliphatic heterocycles. The van der Waals surface area contributed by atoms with Gasteiger partial charge in [0, 0.05) is 43.5 Å². The van der Waals surface area contributed by atoms with E-state index in [0.29, 0.717) is 50.6 Å². The summed E-state index contributed by atoms with van der Waals surface area (Å²) >= 11 is 1.71. The van der Waals surface area contributed by atoms with E-state index in [1.807, 2.05) is 6.07 Å². The van der Waals surface area contributed by atoms with Gasteiger partial charge in [-0.05, 0) is 36.4 Å². The van der Waals surface area contributed by atoms with Crippen LogP contribution in [0, 0.1) is 5.92 Å². The molecule has 7 nitrogen and oxygen atoms in total. The minimum Gasteiger partial charge on any atom is -0.379 e. The third-order valence-corrected chi connectivity index (χ3v) is 8.92. The van der Waals surface area contributed by atoms with Crippen LogP contribution in [0.4, 0.5) is 0 Å². The van der Waals surface area contributed by atoms with Gasteiger partial charge in [-0.2, -0.15) is 4.31 Å². The van der Waals surface area contributed by atoms with Crippen LogP contribution in [-0.4, -0.2) is 69.5 Å². The zero-order valence-corrected chi connectivity index (χ0v) is 19.1. The minimum absolute atomic E-state index is 0.0200. The van der Waals surface area contributed by atoms with Gasteiger partial charge >= 0.3 is 0 Å². The quantitative estimate of drug-likeness (QED) is 0.682. The van der Waals surface area contributed by atoms with Crippen molar-refractivity contribution in [1.82, 2.24) is 14.5 Å². The number of morpholine rings is 1. The second kappa shape index (κ2) is 10.2. The molecule has 1 N–H and O–H groups in total. The highest BCUT2D eigenvalue weighted by molar-refractivity contribution is 7.89. The van der Waals surface area contributed by atoms with Crippen LogP contribution in [0.5, 0.6) is 0 Å². The molecule has 0 spiro atoms. The molecular weight excluding hydrogens is 434 g/mol. The number of amides is 1. The summed E-state index contributed by atoms with van der Waals surface area (Å²) in [5.74, 6) is -0.137. The fourth-order valence-electron chi connectivity index (χ4n) is 4.22. The van der Waals surface area contributed by atoms with Gasteiger partial charge in [0.15, 0.2) is 0 Å². The average Bonchev–Trinajstić information content (AvgIpc) is 3.35. The van der Waals surface area contributed by atoms with Crippen LogP contribution in [-0.2, 0) is 19.6 Å². The zero-order valence-electron chi connectivity index (χ0n) is 17.5. The lowest BCUT2D eigenvalue weighted by atomic mass is 9.97. The first-order valence-corrected chi connectivity index (χ1v) is 13.1. The molecule has 0 aliphatic carbocycles. The van der Waals surface area contributed by atoms with Gasteiger partial charge in [0.25, 0.3) is 0 Å². The molecule has 3 heterocycles. The molecule has 1 atom stereocenters. The standard InChI is InChI=1S/C22H29N3O4S2/c26-22(23-17-20(21-7-4-16-30-21)24-12-14-29-15-13-24)18-8-10-25(11-9-18)31(27,28)19-5-2-1-3-6-19/h1-7,16,18,20H,8-15,17H2,(H,23,26). The molecule has 0 bridgehead atoms. The molecule has 2 aliphatic rings. The Morgan fingerprint density at radius 1 is 1.06 bits per heavy atom. The van der Waals surface area contributed by atoms with E-state index in [9.17, 15) is 13.2 Å². The fourth-order valence-corrected chi connectivity index (χ4v) is 6.57. The van der Waals surface area contributed by atoms with Gasteiger partial charge in [-0.1, -0.05) is 24.3 Å². The molecule has 31 heavy (non-hydrogen) atoms. The van der Waals surface area contributed by atoms with E-state index in [1.165, 1.54) is 9.18 Å². The molecule has 0 saturated carbocycles. The first-order chi connectivity index (χ1) is 15.1. The molecule has 1 aromatic carbocycles. The topological polar surface area (TPSA) is 79.0 Å². The number of ether oxygens (including phenoxy) is 1. The fraction of sp³-hybridized carbons (Fsp3) is 0.500. The van der Waals surface area contributed by atoms with Crippen molar-refractivity contribution in [2.75, 3.05) is 45.9 Å². The maximum Gasteiger partial charge on any atom is 0.243 e. The van der Waals surface area contributed by atoms with Crippen molar-refractivity contribution in [1.29, 1.82) is 0 Å². The third-order valence-electron chi connectivity index (χ3n) is 6.03. The molecule has 1 amide bonds. The molecule has 9 heteroatoms. The first kappa shape index (κ1) is 22.4. The van der Waals surface area contributed by atoms with Crippen LogP contribution in [0.2, 0.25) is 0 Å². The largest absolute Gasteiger partial charge is 0.379 e. The van der Waals surface area contributed by atoms with Crippen molar-refractivity contribution in [3.05, 3.63) is 52.7 Å². The van der Waals surface area contributed by atoms with Crippen LogP contribution in [0.3, 0.4) is 0 Å². The van der Waals surface area contributed by atoms with Crippen LogP contribution in [0.25, 0.3) is 0 Å². The summed E-state index contributed by atoms with van der Waals surface area (Å²) < 4.78 is 32.6. The number of nitrogens with zero attached hydrogens (tertiary/aromatic N) is 2. The molecule has 0 radical (unpaired) electrons. The van der Waals surface area contributed by atoms with Gasteiger partial charge in [-0.3, -0.25) is 9.69 Å². The summed E-state index contributed by atoms with van der Waals surface area (Å²) in [5.41, 5.74) is 0. The van der Waals surface area contributed by atoms with Crippen molar-refractivity contribution >= 4 is 27.3 Å². The lowest BCUT2D eigenvalue weighted by Gasteiger charge is -2.35. The summed E-state index contributed by atoms with van der Waals surface area (Å²) in [6.45, 7) is 4.43. The molecular formula is C22H29N3O4S2. The van der Waals surface area contributed by atoms with Crippen molar-refractivity contribution < 1.29 is 17.9 Å². The van der Waals surface area contributed by atoms with E-state index >= 15 is 0 Å². The number of carbonyl (C=O) groups excluding carboxylic acids is 1. The molecule has 2 aromatic rings. The van der Waals surface area contributed by atoms with E-state index in [4.69, 9.17) is 4.74 Å². The van der Waals surface area contributed by atoms with E-state index in [2.05, 4.69) is 21.7 Å². The Labute approximate surface area is 188 Å². The Balaban J connectivity index is 1.32. The summed E-state index contributed by atoms with van der Waals surface area (Å²) in [5, 5.41) is 5.20. The number of hydrogen-bond acceptors (Lipinski definition) is 6. The number of piperidine rings is 1.